The van der Waals surface area contributed by atoms with E-state index in [9.17, 15) is 17.2 Å². The number of halogens is 2. The fourth-order valence-corrected chi connectivity index (χ4v) is 4.44. The normalized spacial score (nSPS) is 14.8. The van der Waals surface area contributed by atoms with Gasteiger partial charge in [0.25, 0.3) is 0 Å². The fourth-order valence-electron chi connectivity index (χ4n) is 3.65. The third-order valence-corrected chi connectivity index (χ3v) is 6.09. The van der Waals surface area contributed by atoms with Crippen LogP contribution in [-0.2, 0) is 21.0 Å². The molecule has 0 aliphatic carbocycles. The molecule has 6 nitrogen and oxygen atoms in total. The van der Waals surface area contributed by atoms with Gasteiger partial charge in [-0.05, 0) is 29.3 Å². The number of nitrogens with one attached hydrogen (secondary N) is 1. The van der Waals surface area contributed by atoms with Gasteiger partial charge in [-0.1, -0.05) is 26.0 Å². The van der Waals surface area contributed by atoms with Gasteiger partial charge in [0.15, 0.2) is 9.84 Å². The Bertz CT molecular complexity index is 1340. The number of fused-ring (bicyclic) bond motifs is 1. The Labute approximate surface area is 185 Å². The molecule has 0 bridgehead atoms. The van der Waals surface area contributed by atoms with Crippen LogP contribution in [0.25, 0.3) is 11.3 Å². The molecule has 166 valence electrons. The molecule has 2 heterocycles. The number of anilines is 2. The van der Waals surface area contributed by atoms with Crippen LogP contribution < -0.4 is 5.32 Å². The highest BCUT2D eigenvalue weighted by atomic mass is 32.2. The number of aliphatic imine (C=N–C) groups is 1. The van der Waals surface area contributed by atoms with Crippen molar-refractivity contribution in [2.24, 2.45) is 4.99 Å². The van der Waals surface area contributed by atoms with E-state index in [0.717, 1.165) is 29.0 Å². The van der Waals surface area contributed by atoms with Crippen LogP contribution in [0.3, 0.4) is 0 Å². The second-order valence-corrected chi connectivity index (χ2v) is 10.7. The highest BCUT2D eigenvalue weighted by molar-refractivity contribution is 7.89. The van der Waals surface area contributed by atoms with Crippen molar-refractivity contribution in [3.63, 3.8) is 0 Å². The lowest BCUT2D eigenvalue weighted by atomic mass is 9.79. The molecular formula is C23H22F2N4O2S. The van der Waals surface area contributed by atoms with Crippen LogP contribution in [0.4, 0.5) is 20.4 Å². The predicted octanol–water partition coefficient (Wildman–Crippen LogP) is 4.42. The van der Waals surface area contributed by atoms with Crippen LogP contribution in [-0.4, -0.2) is 37.4 Å². The van der Waals surface area contributed by atoms with Crippen molar-refractivity contribution in [1.29, 1.82) is 0 Å². The van der Waals surface area contributed by atoms with Gasteiger partial charge >= 0.3 is 0 Å². The van der Waals surface area contributed by atoms with Crippen molar-refractivity contribution < 1.29 is 17.2 Å². The first-order chi connectivity index (χ1) is 15.0. The summed E-state index contributed by atoms with van der Waals surface area (Å²) in [5, 5.41) is 2.73. The summed E-state index contributed by atoms with van der Waals surface area (Å²) in [6.07, 6.45) is 4.39. The van der Waals surface area contributed by atoms with Gasteiger partial charge in [-0.2, -0.15) is 0 Å². The van der Waals surface area contributed by atoms with Gasteiger partial charge in [0.05, 0.1) is 17.1 Å². The predicted molar refractivity (Wildman–Crippen MR) is 121 cm³/mol. The summed E-state index contributed by atoms with van der Waals surface area (Å²) < 4.78 is 51.4. The topological polar surface area (TPSA) is 84.3 Å². The molecule has 9 heteroatoms. The van der Waals surface area contributed by atoms with E-state index in [1.807, 2.05) is 18.3 Å². The Morgan fingerprint density at radius 1 is 1.09 bits per heavy atom. The molecule has 0 unspecified atom stereocenters. The second kappa shape index (κ2) is 8.05. The Balaban J connectivity index is 1.67. The summed E-state index contributed by atoms with van der Waals surface area (Å²) in [7, 11) is -3.49. The van der Waals surface area contributed by atoms with Crippen molar-refractivity contribution in [3.05, 3.63) is 70.9 Å². The fraction of sp³-hybridized carbons (Fsp3) is 0.261. The van der Waals surface area contributed by atoms with E-state index in [1.54, 1.807) is 6.07 Å². The van der Waals surface area contributed by atoms with E-state index in [0.29, 0.717) is 18.3 Å². The Morgan fingerprint density at radius 2 is 1.88 bits per heavy atom. The van der Waals surface area contributed by atoms with E-state index >= 15 is 0 Å². The van der Waals surface area contributed by atoms with E-state index in [-0.39, 0.29) is 22.6 Å². The summed E-state index contributed by atoms with van der Waals surface area (Å²) in [4.78, 5) is 13.0. The highest BCUT2D eigenvalue weighted by Crippen LogP contribution is 2.33. The molecule has 3 aromatic rings. The van der Waals surface area contributed by atoms with Crippen molar-refractivity contribution in [2.45, 2.75) is 25.0 Å². The number of nitrogens with zero attached hydrogens (tertiary/aromatic N) is 3. The van der Waals surface area contributed by atoms with Crippen LogP contribution in [0, 0.1) is 11.6 Å². The molecule has 0 saturated carbocycles. The largest absolute Gasteiger partial charge is 0.322 e. The monoisotopic (exact) mass is 456 g/mol. The van der Waals surface area contributed by atoms with E-state index in [1.165, 1.54) is 6.20 Å². The van der Waals surface area contributed by atoms with Crippen molar-refractivity contribution in [2.75, 3.05) is 18.1 Å². The number of sulfone groups is 1. The van der Waals surface area contributed by atoms with Gasteiger partial charge in [-0.3, -0.25) is 4.99 Å². The maximum atomic E-state index is 14.3. The molecule has 32 heavy (non-hydrogen) atoms. The third-order valence-electron chi connectivity index (χ3n) is 5.25. The van der Waals surface area contributed by atoms with Crippen molar-refractivity contribution in [1.82, 2.24) is 9.97 Å². The molecule has 4 rings (SSSR count). The van der Waals surface area contributed by atoms with E-state index < -0.39 is 27.2 Å². The molecule has 2 aromatic carbocycles. The average molecular weight is 457 g/mol. The quantitative estimate of drug-likeness (QED) is 0.614. The van der Waals surface area contributed by atoms with Crippen molar-refractivity contribution >= 4 is 27.7 Å². The molecular weight excluding hydrogens is 434 g/mol. The number of hydrogen-bond donors (Lipinski definition) is 1. The maximum Gasteiger partial charge on any atom is 0.227 e. The minimum absolute atomic E-state index is 0.106. The van der Waals surface area contributed by atoms with Gasteiger partial charge in [-0.15, -0.1) is 0 Å². The third kappa shape index (κ3) is 4.67. The SMILES string of the molecule is CC1(C)CN=Cc2ccc(-c3ccnc(Nc4cc(CS(C)(=O)=O)c(F)cc4F)n3)cc21. The van der Waals surface area contributed by atoms with Crippen LogP contribution in [0.1, 0.15) is 30.5 Å². The lowest BCUT2D eigenvalue weighted by Gasteiger charge is -2.28. The second-order valence-electron chi connectivity index (χ2n) is 8.54. The zero-order chi connectivity index (χ0) is 23.1. The summed E-state index contributed by atoms with van der Waals surface area (Å²) >= 11 is 0. The number of aromatic nitrogens is 2. The first-order valence-corrected chi connectivity index (χ1v) is 12.0. The van der Waals surface area contributed by atoms with Crippen LogP contribution in [0.5, 0.6) is 0 Å². The van der Waals surface area contributed by atoms with Crippen LogP contribution >= 0.6 is 0 Å². The van der Waals surface area contributed by atoms with Gasteiger partial charge in [0.2, 0.25) is 5.95 Å². The molecule has 1 aromatic heterocycles. The summed E-state index contributed by atoms with van der Waals surface area (Å²) in [6, 6.07) is 9.51. The average Bonchev–Trinajstić information content (AvgIpc) is 2.70. The molecule has 0 fully saturated rings. The van der Waals surface area contributed by atoms with Gasteiger partial charge in [0, 0.05) is 47.8 Å². The first-order valence-electron chi connectivity index (χ1n) is 9.92. The van der Waals surface area contributed by atoms with E-state index in [2.05, 4.69) is 40.2 Å². The molecule has 0 spiro atoms. The van der Waals surface area contributed by atoms with Crippen molar-refractivity contribution in [3.8, 4) is 11.3 Å². The standard InChI is InChI=1S/C23H22F2N4O2S/c1-23(2)13-26-11-15-5-4-14(8-17(15)23)20-6-7-27-22(28-20)29-21-9-16(12-32(3,30)31)18(24)10-19(21)25/h4-11H,12-13H2,1-3H3,(H,27,28,29). The Hall–Kier alpha value is -3.20. The number of rotatable bonds is 5. The lowest BCUT2D eigenvalue weighted by molar-refractivity contribution is 0.534. The Morgan fingerprint density at radius 3 is 2.62 bits per heavy atom. The summed E-state index contributed by atoms with van der Waals surface area (Å²) in [6.45, 7) is 4.95. The number of benzene rings is 2. The maximum absolute atomic E-state index is 14.3. The summed E-state index contributed by atoms with van der Waals surface area (Å²) in [5.41, 5.74) is 3.37. The zero-order valence-corrected chi connectivity index (χ0v) is 18.7. The smallest absolute Gasteiger partial charge is 0.227 e. The minimum Gasteiger partial charge on any atom is -0.322 e. The summed E-state index contributed by atoms with van der Waals surface area (Å²) in [5.74, 6) is -2.23. The Kier molecular flexibility index (Phi) is 5.54. The molecule has 0 radical (unpaired) electrons. The van der Waals surface area contributed by atoms with Gasteiger partial charge in [-0.25, -0.2) is 27.2 Å². The number of hydrogen-bond acceptors (Lipinski definition) is 6. The van der Waals surface area contributed by atoms with Gasteiger partial charge < -0.3 is 5.32 Å². The molecule has 0 atom stereocenters. The first kappa shape index (κ1) is 22.0. The highest BCUT2D eigenvalue weighted by Gasteiger charge is 2.26. The molecule has 0 saturated heterocycles. The van der Waals surface area contributed by atoms with E-state index in [4.69, 9.17) is 0 Å². The molecule has 1 aliphatic rings. The molecule has 1 N–H and O–H groups in total. The molecule has 0 amide bonds. The zero-order valence-electron chi connectivity index (χ0n) is 17.9. The van der Waals surface area contributed by atoms with Gasteiger partial charge in [0.1, 0.15) is 11.6 Å². The van der Waals surface area contributed by atoms with Crippen LogP contribution in [0.2, 0.25) is 0 Å². The minimum atomic E-state index is -3.49. The lowest BCUT2D eigenvalue weighted by Crippen LogP contribution is -2.26. The van der Waals surface area contributed by atoms with Crippen LogP contribution in [0.15, 0.2) is 47.6 Å². The molecule has 1 aliphatic heterocycles.